The minimum Gasteiger partial charge on any atom is -0.390 e. The molecule has 5 fully saturated rings. The Labute approximate surface area is 241 Å². The zero-order valence-electron chi connectivity index (χ0n) is 25.2. The number of aliphatic hydroxyl groups is 1. The van der Waals surface area contributed by atoms with E-state index in [9.17, 15) is 13.5 Å². The smallest absolute Gasteiger partial charge is 0.297 e. The Morgan fingerprint density at radius 1 is 1.13 bits per heavy atom. The standard InChI is InChI=1S/C29H43BO7S2/c1-18-4-6-20(7-5-18)39(32,33)37-26-23-16-19(36-38-17-30)8-11-27(23,2)21-9-12-28(3)22(24(21)25(26)31)10-13-29(28)34-14-15-35-29/h4-7,19,21-26,31H,8-17,30H2,1-3H3/t19-,21?,22?,23?,24?,25+,26+,27+,28-/m0/s1/i30TD. The van der Waals surface area contributed by atoms with Gasteiger partial charge in [0, 0.05) is 11.8 Å². The second-order valence-electron chi connectivity index (χ2n) is 12.9. The molecule has 0 aromatic heterocycles. The first-order chi connectivity index (χ1) is 19.4. The van der Waals surface area contributed by atoms with E-state index in [1.54, 1.807) is 24.3 Å². The summed E-state index contributed by atoms with van der Waals surface area (Å²) in [6.07, 6.45) is 3.73. The van der Waals surface area contributed by atoms with Crippen LogP contribution in [-0.2, 0) is 28.0 Å². The Hall–Kier alpha value is -0.615. The van der Waals surface area contributed by atoms with Crippen LogP contribution in [0.15, 0.2) is 29.2 Å². The topological polar surface area (TPSA) is 91.3 Å². The number of fused-ring (bicyclic) bond motifs is 6. The van der Waals surface area contributed by atoms with Crippen molar-refractivity contribution in [3.05, 3.63) is 29.8 Å². The van der Waals surface area contributed by atoms with Crippen molar-refractivity contribution in [3.63, 3.8) is 0 Å². The molecule has 4 unspecified atom stereocenters. The van der Waals surface area contributed by atoms with Gasteiger partial charge in [-0.15, -0.1) is 0 Å². The fourth-order valence-electron chi connectivity index (χ4n) is 9.34. The third-order valence-electron chi connectivity index (χ3n) is 11.3. The van der Waals surface area contributed by atoms with E-state index in [0.29, 0.717) is 19.6 Å². The Bertz CT molecular complexity index is 1210. The summed E-state index contributed by atoms with van der Waals surface area (Å²) in [4.78, 5) is 0.0938. The predicted octanol–water partition coefficient (Wildman–Crippen LogP) is 4.06. The first kappa shape index (κ1) is 26.0. The molecule has 9 atom stereocenters. The quantitative estimate of drug-likeness (QED) is 0.293. The Morgan fingerprint density at radius 3 is 2.56 bits per heavy atom. The molecule has 1 heterocycles. The van der Waals surface area contributed by atoms with E-state index in [1.807, 2.05) is 6.92 Å². The number of aliphatic hydroxyl groups excluding tert-OH is 1. The highest BCUT2D eigenvalue weighted by Gasteiger charge is 2.70. The van der Waals surface area contributed by atoms with Crippen molar-refractivity contribution in [2.45, 2.75) is 94.7 Å². The molecule has 5 aliphatic rings. The van der Waals surface area contributed by atoms with Crippen LogP contribution in [0.25, 0.3) is 0 Å². The van der Waals surface area contributed by atoms with E-state index in [-0.39, 0.29) is 51.2 Å². The summed E-state index contributed by atoms with van der Waals surface area (Å²) in [6.45, 7) is 7.60. The molecule has 1 N–H and O–H groups in total. The summed E-state index contributed by atoms with van der Waals surface area (Å²) >= 11 is 1.14. The number of ether oxygens (including phenoxy) is 2. The van der Waals surface area contributed by atoms with Crippen LogP contribution in [0.2, 0.25) is 0 Å². The molecule has 4 saturated carbocycles. The van der Waals surface area contributed by atoms with Gasteiger partial charge in [0.2, 0.25) is 0 Å². The minimum atomic E-state index is -4.13. The zero-order valence-corrected chi connectivity index (χ0v) is 24.8. The molecule has 1 aromatic rings. The lowest BCUT2D eigenvalue weighted by atomic mass is 9.43. The van der Waals surface area contributed by atoms with E-state index in [4.69, 9.17) is 20.5 Å². The first-order valence-electron chi connectivity index (χ1n) is 15.6. The maximum Gasteiger partial charge on any atom is 0.297 e. The van der Waals surface area contributed by atoms with Crippen LogP contribution in [-0.4, -0.2) is 66.9 Å². The summed E-state index contributed by atoms with van der Waals surface area (Å²) < 4.78 is 67.1. The normalized spacial score (nSPS) is 43.7. The average Bonchev–Trinajstić information content (AvgIpc) is 3.52. The molecule has 1 saturated heterocycles. The highest BCUT2D eigenvalue weighted by molar-refractivity contribution is 7.95. The van der Waals surface area contributed by atoms with Gasteiger partial charge in [0.15, 0.2) is 5.79 Å². The van der Waals surface area contributed by atoms with Gasteiger partial charge in [-0.25, -0.2) is 0 Å². The second kappa shape index (κ2) is 10.3. The lowest BCUT2D eigenvalue weighted by molar-refractivity contribution is -0.266. The number of benzene rings is 1. The van der Waals surface area contributed by atoms with Crippen molar-refractivity contribution < 1.29 is 31.4 Å². The van der Waals surface area contributed by atoms with Gasteiger partial charge in [-0.1, -0.05) is 31.5 Å². The molecule has 39 heavy (non-hydrogen) atoms. The van der Waals surface area contributed by atoms with Gasteiger partial charge >= 0.3 is 0 Å². The Morgan fingerprint density at radius 2 is 1.85 bits per heavy atom. The lowest BCUT2D eigenvalue weighted by Crippen LogP contribution is -2.66. The van der Waals surface area contributed by atoms with Crippen molar-refractivity contribution in [1.82, 2.24) is 0 Å². The largest absolute Gasteiger partial charge is 0.390 e. The van der Waals surface area contributed by atoms with Crippen LogP contribution >= 0.6 is 12.0 Å². The van der Waals surface area contributed by atoms with Gasteiger partial charge in [0.25, 0.3) is 10.1 Å². The fraction of sp³-hybridized carbons (Fsp3) is 0.793. The van der Waals surface area contributed by atoms with Crippen molar-refractivity contribution in [3.8, 4) is 0 Å². The van der Waals surface area contributed by atoms with Gasteiger partial charge in [-0.2, -0.15) is 8.42 Å². The Balaban J connectivity index is 1.34. The van der Waals surface area contributed by atoms with Gasteiger partial charge in [-0.05, 0) is 107 Å². The monoisotopic (exact) mass is 581 g/mol. The van der Waals surface area contributed by atoms with Crippen LogP contribution in [0.4, 0.5) is 0 Å². The van der Waals surface area contributed by atoms with Crippen LogP contribution in [0.1, 0.15) is 64.4 Å². The molecule has 0 bridgehead atoms. The van der Waals surface area contributed by atoms with Gasteiger partial charge in [0.05, 0.1) is 30.3 Å². The molecule has 0 radical (unpaired) electrons. The molecular formula is C29H43BO7S2. The molecular weight excluding hydrogens is 535 g/mol. The molecule has 10 heteroatoms. The predicted molar refractivity (Wildman–Crippen MR) is 152 cm³/mol. The van der Waals surface area contributed by atoms with Gasteiger partial charge in [0.1, 0.15) is 13.9 Å². The maximum absolute atomic E-state index is 13.7. The van der Waals surface area contributed by atoms with E-state index >= 15 is 0 Å². The van der Waals surface area contributed by atoms with E-state index < -0.39 is 35.9 Å². The zero-order chi connectivity index (χ0) is 29.2. The number of aryl methyl sites for hydroxylation is 1. The SMILES string of the molecule is [2H]B([3H])CSO[C@H]1CC[C@]2(C)C3CC[C@@]4(C)C(CCC45OCCO5)C3[C@@H](O)[C@H](OS(=O)(=O)c3ccc(C)cc3)C2C1. The van der Waals surface area contributed by atoms with Crippen LogP contribution < -0.4 is 0 Å². The molecule has 216 valence electrons. The third kappa shape index (κ3) is 4.47. The van der Waals surface area contributed by atoms with Crippen molar-refractivity contribution in [1.29, 1.82) is 2.67 Å². The lowest BCUT2D eigenvalue weighted by Gasteiger charge is -2.64. The van der Waals surface area contributed by atoms with Gasteiger partial charge in [-0.3, -0.25) is 4.18 Å². The number of hydrogen-bond donors (Lipinski definition) is 1. The molecule has 7 nitrogen and oxygen atoms in total. The van der Waals surface area contributed by atoms with Crippen LogP contribution in [0.3, 0.4) is 0 Å². The van der Waals surface area contributed by atoms with E-state index in [2.05, 4.69) is 13.8 Å². The van der Waals surface area contributed by atoms with Crippen molar-refractivity contribution in [2.75, 3.05) is 18.9 Å². The van der Waals surface area contributed by atoms with Crippen molar-refractivity contribution in [2.24, 2.45) is 34.5 Å². The molecule has 4 aliphatic carbocycles. The third-order valence-corrected chi connectivity index (χ3v) is 13.2. The highest BCUT2D eigenvalue weighted by Crippen LogP contribution is 2.70. The first-order valence-corrected chi connectivity index (χ1v) is 16.8. The van der Waals surface area contributed by atoms with Crippen LogP contribution in [0, 0.1) is 41.4 Å². The van der Waals surface area contributed by atoms with Crippen molar-refractivity contribution >= 4 is 29.9 Å². The maximum atomic E-state index is 13.7. The summed E-state index contributed by atoms with van der Waals surface area (Å²) in [5.74, 6) is -0.616. The summed E-state index contributed by atoms with van der Waals surface area (Å²) in [5, 5.41) is 12.2. The summed E-state index contributed by atoms with van der Waals surface area (Å²) in [7, 11) is -5.11. The van der Waals surface area contributed by atoms with Crippen LogP contribution in [0.5, 0.6) is 0 Å². The molecule has 1 aliphatic heterocycles. The Kier molecular flexibility index (Phi) is 6.87. The molecule has 1 aromatic carbocycles. The average molecular weight is 582 g/mol. The summed E-state index contributed by atoms with van der Waals surface area (Å²) in [5.41, 5.74) is 0.718. The highest BCUT2D eigenvalue weighted by atomic mass is 32.2. The number of rotatable bonds is 7. The molecule has 1 spiro atoms. The molecule has 0 amide bonds. The van der Waals surface area contributed by atoms with E-state index in [0.717, 1.165) is 56.1 Å². The molecule has 6 rings (SSSR count). The summed E-state index contributed by atoms with van der Waals surface area (Å²) in [6, 6.07) is 6.65. The van der Waals surface area contributed by atoms with Gasteiger partial charge < -0.3 is 18.8 Å². The fourth-order valence-corrected chi connectivity index (χ4v) is 10.9. The van der Waals surface area contributed by atoms with E-state index in [1.165, 1.54) is 0 Å². The number of hydrogen-bond acceptors (Lipinski definition) is 8. The second-order valence-corrected chi connectivity index (χ2v) is 15.3. The minimum absolute atomic E-state index is 0.0938.